The van der Waals surface area contributed by atoms with Crippen LogP contribution in [0.15, 0.2) is 48.5 Å². The van der Waals surface area contributed by atoms with Gasteiger partial charge in [0.1, 0.15) is 0 Å². The first-order valence-electron chi connectivity index (χ1n) is 7.67. The van der Waals surface area contributed by atoms with Crippen LogP contribution in [0, 0.1) is 13.8 Å². The van der Waals surface area contributed by atoms with Crippen molar-refractivity contribution in [3.63, 3.8) is 0 Å². The molecule has 0 spiro atoms. The van der Waals surface area contributed by atoms with Crippen LogP contribution in [0.25, 0.3) is 0 Å². The number of rotatable bonds is 5. The molecule has 2 amide bonds. The summed E-state index contributed by atoms with van der Waals surface area (Å²) in [5.74, 6) is -0.173. The molecular formula is C19H22N2O2. The molecular weight excluding hydrogens is 288 g/mol. The van der Waals surface area contributed by atoms with E-state index in [2.05, 4.69) is 5.32 Å². The molecule has 0 aliphatic carbocycles. The van der Waals surface area contributed by atoms with Crippen LogP contribution in [0.3, 0.4) is 0 Å². The molecule has 120 valence electrons. The Labute approximate surface area is 137 Å². The Bertz CT molecular complexity index is 710. The third kappa shape index (κ3) is 4.95. The SMILES string of the molecule is CC(=O)N(CCC(=O)Nc1cccc(C)c1)c1cccc(C)c1. The first-order valence-corrected chi connectivity index (χ1v) is 7.67. The van der Waals surface area contributed by atoms with Gasteiger partial charge in [0.25, 0.3) is 0 Å². The molecule has 23 heavy (non-hydrogen) atoms. The summed E-state index contributed by atoms with van der Waals surface area (Å²) in [6.07, 6.45) is 0.251. The molecule has 0 bridgehead atoms. The molecule has 2 aromatic carbocycles. The van der Waals surface area contributed by atoms with E-state index in [-0.39, 0.29) is 18.2 Å². The molecule has 4 heteroatoms. The predicted molar refractivity (Wildman–Crippen MR) is 93.6 cm³/mol. The monoisotopic (exact) mass is 310 g/mol. The minimum Gasteiger partial charge on any atom is -0.326 e. The minimum absolute atomic E-state index is 0.0704. The number of carbonyl (C=O) groups is 2. The molecule has 0 radical (unpaired) electrons. The van der Waals surface area contributed by atoms with Gasteiger partial charge < -0.3 is 10.2 Å². The van der Waals surface area contributed by atoms with Crippen molar-refractivity contribution in [1.29, 1.82) is 0 Å². The van der Waals surface area contributed by atoms with Gasteiger partial charge in [-0.2, -0.15) is 0 Å². The van der Waals surface area contributed by atoms with E-state index >= 15 is 0 Å². The molecule has 0 unspecified atom stereocenters. The Hall–Kier alpha value is -2.62. The summed E-state index contributed by atoms with van der Waals surface area (Å²) >= 11 is 0. The van der Waals surface area contributed by atoms with E-state index < -0.39 is 0 Å². The average Bonchev–Trinajstić information content (AvgIpc) is 2.47. The van der Waals surface area contributed by atoms with Crippen molar-refractivity contribution in [3.05, 3.63) is 59.7 Å². The number of carbonyl (C=O) groups excluding carboxylic acids is 2. The number of hydrogen-bond donors (Lipinski definition) is 1. The first-order chi connectivity index (χ1) is 11.0. The Kier molecular flexibility index (Phi) is 5.52. The molecule has 0 aliphatic heterocycles. The molecule has 0 aliphatic rings. The van der Waals surface area contributed by atoms with Gasteiger partial charge >= 0.3 is 0 Å². The first kappa shape index (κ1) is 16.7. The maximum Gasteiger partial charge on any atom is 0.226 e. The average molecular weight is 310 g/mol. The van der Waals surface area contributed by atoms with Gasteiger partial charge in [-0.25, -0.2) is 0 Å². The van der Waals surface area contributed by atoms with Crippen LogP contribution in [-0.2, 0) is 9.59 Å². The quantitative estimate of drug-likeness (QED) is 0.915. The largest absolute Gasteiger partial charge is 0.326 e. The highest BCUT2D eigenvalue weighted by Crippen LogP contribution is 2.17. The van der Waals surface area contributed by atoms with E-state index in [4.69, 9.17) is 0 Å². The summed E-state index contributed by atoms with van der Waals surface area (Å²) in [7, 11) is 0. The third-order valence-corrected chi connectivity index (χ3v) is 3.56. The molecule has 0 fully saturated rings. The molecule has 1 N–H and O–H groups in total. The molecule has 4 nitrogen and oxygen atoms in total. The van der Waals surface area contributed by atoms with E-state index in [0.29, 0.717) is 6.54 Å². The highest BCUT2D eigenvalue weighted by Gasteiger charge is 2.13. The summed E-state index contributed by atoms with van der Waals surface area (Å²) < 4.78 is 0. The lowest BCUT2D eigenvalue weighted by Gasteiger charge is -2.21. The van der Waals surface area contributed by atoms with Crippen LogP contribution in [0.2, 0.25) is 0 Å². The lowest BCUT2D eigenvalue weighted by atomic mass is 10.2. The molecule has 2 rings (SSSR count). The standard InChI is InChI=1S/C19H22N2O2/c1-14-6-4-8-17(12-14)20-19(23)10-11-21(16(3)22)18-9-5-7-15(2)13-18/h4-9,12-13H,10-11H2,1-3H3,(H,20,23). The van der Waals surface area contributed by atoms with Crippen molar-refractivity contribution in [1.82, 2.24) is 0 Å². The highest BCUT2D eigenvalue weighted by molar-refractivity contribution is 5.94. The van der Waals surface area contributed by atoms with Crippen LogP contribution in [0.4, 0.5) is 11.4 Å². The zero-order valence-electron chi connectivity index (χ0n) is 13.8. The van der Waals surface area contributed by atoms with E-state index in [0.717, 1.165) is 22.5 Å². The Balaban J connectivity index is 1.99. The molecule has 2 aromatic rings. The summed E-state index contributed by atoms with van der Waals surface area (Å²) in [6.45, 7) is 5.83. The molecule has 0 saturated heterocycles. The smallest absolute Gasteiger partial charge is 0.226 e. The van der Waals surface area contributed by atoms with Gasteiger partial charge in [0.2, 0.25) is 11.8 Å². The van der Waals surface area contributed by atoms with Gasteiger partial charge in [0.05, 0.1) is 0 Å². The van der Waals surface area contributed by atoms with E-state index in [9.17, 15) is 9.59 Å². The summed E-state index contributed by atoms with van der Waals surface area (Å²) in [5.41, 5.74) is 3.77. The van der Waals surface area contributed by atoms with Crippen LogP contribution in [0.1, 0.15) is 24.5 Å². The van der Waals surface area contributed by atoms with Gasteiger partial charge in [0.15, 0.2) is 0 Å². The van der Waals surface area contributed by atoms with Crippen molar-refractivity contribution in [3.8, 4) is 0 Å². The normalized spacial score (nSPS) is 10.2. The third-order valence-electron chi connectivity index (χ3n) is 3.56. The Morgan fingerprint density at radius 1 is 1.00 bits per heavy atom. The molecule has 0 saturated carbocycles. The highest BCUT2D eigenvalue weighted by atomic mass is 16.2. The van der Waals surface area contributed by atoms with Crippen LogP contribution < -0.4 is 10.2 Å². The second kappa shape index (κ2) is 7.58. The lowest BCUT2D eigenvalue weighted by Crippen LogP contribution is -2.32. The lowest BCUT2D eigenvalue weighted by molar-refractivity contribution is -0.117. The van der Waals surface area contributed by atoms with Gasteiger partial charge in [-0.1, -0.05) is 24.3 Å². The Morgan fingerprint density at radius 2 is 1.65 bits per heavy atom. The van der Waals surface area contributed by atoms with Crippen molar-refractivity contribution in [2.24, 2.45) is 0 Å². The van der Waals surface area contributed by atoms with Gasteiger partial charge in [-0.3, -0.25) is 9.59 Å². The maximum atomic E-state index is 12.1. The fourth-order valence-corrected chi connectivity index (χ4v) is 2.42. The molecule has 0 aromatic heterocycles. The second-order valence-corrected chi connectivity index (χ2v) is 5.68. The topological polar surface area (TPSA) is 49.4 Å². The zero-order valence-corrected chi connectivity index (χ0v) is 13.8. The summed E-state index contributed by atoms with van der Waals surface area (Å²) in [6, 6.07) is 15.4. The number of amides is 2. The maximum absolute atomic E-state index is 12.1. The summed E-state index contributed by atoms with van der Waals surface area (Å²) in [4.78, 5) is 25.6. The number of hydrogen-bond acceptors (Lipinski definition) is 2. The van der Waals surface area contributed by atoms with Gasteiger partial charge in [0, 0.05) is 31.3 Å². The Morgan fingerprint density at radius 3 is 2.26 bits per heavy atom. The number of benzene rings is 2. The molecule has 0 atom stereocenters. The zero-order chi connectivity index (χ0) is 16.8. The second-order valence-electron chi connectivity index (χ2n) is 5.68. The molecule has 0 heterocycles. The van der Waals surface area contributed by atoms with E-state index in [1.807, 2.05) is 62.4 Å². The van der Waals surface area contributed by atoms with Crippen molar-refractivity contribution >= 4 is 23.2 Å². The van der Waals surface area contributed by atoms with Gasteiger partial charge in [-0.05, 0) is 49.2 Å². The number of nitrogens with zero attached hydrogens (tertiary/aromatic N) is 1. The van der Waals surface area contributed by atoms with Crippen LogP contribution in [-0.4, -0.2) is 18.4 Å². The number of anilines is 2. The fraction of sp³-hybridized carbons (Fsp3) is 0.263. The summed E-state index contributed by atoms with van der Waals surface area (Å²) in [5, 5.41) is 2.86. The van der Waals surface area contributed by atoms with Crippen molar-refractivity contribution in [2.75, 3.05) is 16.8 Å². The van der Waals surface area contributed by atoms with Crippen LogP contribution in [0.5, 0.6) is 0 Å². The van der Waals surface area contributed by atoms with Crippen molar-refractivity contribution in [2.45, 2.75) is 27.2 Å². The number of nitrogens with one attached hydrogen (secondary N) is 1. The number of aryl methyl sites for hydroxylation is 2. The van der Waals surface area contributed by atoms with Crippen molar-refractivity contribution < 1.29 is 9.59 Å². The van der Waals surface area contributed by atoms with Gasteiger partial charge in [-0.15, -0.1) is 0 Å². The predicted octanol–water partition coefficient (Wildman–Crippen LogP) is 3.69. The fourth-order valence-electron chi connectivity index (χ4n) is 2.42. The van der Waals surface area contributed by atoms with E-state index in [1.165, 1.54) is 6.92 Å². The van der Waals surface area contributed by atoms with E-state index in [1.54, 1.807) is 4.90 Å². The van der Waals surface area contributed by atoms with Crippen LogP contribution >= 0.6 is 0 Å². The minimum atomic E-state index is -0.102.